The summed E-state index contributed by atoms with van der Waals surface area (Å²) in [6.45, 7) is 9.79. The molecule has 2 saturated heterocycles. The highest BCUT2D eigenvalue weighted by atomic mass is 19.4. The second-order valence-corrected chi connectivity index (χ2v) is 20.2. The summed E-state index contributed by atoms with van der Waals surface area (Å²) < 4.78 is 46.2. The van der Waals surface area contributed by atoms with E-state index in [9.17, 15) is 27.9 Å². The van der Waals surface area contributed by atoms with Gasteiger partial charge in [-0.3, -0.25) is 9.59 Å². The summed E-state index contributed by atoms with van der Waals surface area (Å²) >= 11 is 0. The molecule has 8 aliphatic rings. The number of carbonyl (C=O) groups is 2. The number of piperidine rings is 2. The summed E-state index contributed by atoms with van der Waals surface area (Å²) in [5.74, 6) is 3.63. The quantitative estimate of drug-likeness (QED) is 0.292. The van der Waals surface area contributed by atoms with Gasteiger partial charge in [-0.2, -0.15) is 13.2 Å². The molecule has 0 bridgehead atoms. The zero-order valence-corrected chi connectivity index (χ0v) is 31.5. The highest BCUT2D eigenvalue weighted by Gasteiger charge is 2.72. The van der Waals surface area contributed by atoms with Gasteiger partial charge in [0.1, 0.15) is 5.75 Å². The molecule has 8 fully saturated rings. The summed E-state index contributed by atoms with van der Waals surface area (Å²) in [4.78, 5) is 27.5. The van der Waals surface area contributed by atoms with E-state index in [1.165, 1.54) is 12.1 Å². The molecule has 1 aromatic carbocycles. The Kier molecular flexibility index (Phi) is 7.91. The van der Waals surface area contributed by atoms with E-state index in [2.05, 4.69) is 38.3 Å². The van der Waals surface area contributed by atoms with Crippen LogP contribution in [0.2, 0.25) is 0 Å². The van der Waals surface area contributed by atoms with Crippen LogP contribution in [0.1, 0.15) is 130 Å². The van der Waals surface area contributed by atoms with Crippen LogP contribution in [-0.4, -0.2) is 40.7 Å². The molecule has 2 amide bonds. The number of carbonyl (C=O) groups excluding carboxylic acids is 2. The van der Waals surface area contributed by atoms with Gasteiger partial charge in [0.15, 0.2) is 0 Å². The third kappa shape index (κ3) is 4.97. The summed E-state index contributed by atoms with van der Waals surface area (Å²) in [6, 6.07) is 5.22. The van der Waals surface area contributed by atoms with Gasteiger partial charge < -0.3 is 20.5 Å². The van der Waals surface area contributed by atoms with Crippen molar-refractivity contribution in [1.29, 1.82) is 0 Å². The number of alkyl halides is 3. The Labute approximate surface area is 307 Å². The first-order valence-corrected chi connectivity index (χ1v) is 20.6. The van der Waals surface area contributed by atoms with Crippen LogP contribution in [0.25, 0.3) is 0 Å². The van der Waals surface area contributed by atoms with E-state index in [0.29, 0.717) is 54.1 Å². The minimum absolute atomic E-state index is 0.0363. The largest absolute Gasteiger partial charge is 0.490 e. The number of benzene rings is 1. The lowest BCUT2D eigenvalue weighted by molar-refractivity contribution is -0.203. The fraction of sp³-hybridized carbons (Fsp3) is 0.814. The Morgan fingerprint density at radius 2 is 1.44 bits per heavy atom. The molecule has 0 radical (unpaired) electrons. The number of amides is 2. The third-order valence-corrected chi connectivity index (χ3v) is 18.2. The maximum Gasteiger partial charge on any atom is 0.416 e. The number of hydrogen-bond acceptors (Lipinski definition) is 4. The van der Waals surface area contributed by atoms with Crippen LogP contribution in [0.15, 0.2) is 24.3 Å². The van der Waals surface area contributed by atoms with Crippen molar-refractivity contribution < 1.29 is 32.6 Å². The summed E-state index contributed by atoms with van der Waals surface area (Å²) in [5.41, 5.74) is -1.14. The van der Waals surface area contributed by atoms with Crippen molar-refractivity contribution in [2.24, 2.45) is 63.1 Å². The van der Waals surface area contributed by atoms with Gasteiger partial charge in [0, 0.05) is 24.4 Å². The van der Waals surface area contributed by atoms with Gasteiger partial charge in [-0.25, -0.2) is 0 Å². The Bertz CT molecular complexity index is 1620. The predicted molar refractivity (Wildman–Crippen MR) is 191 cm³/mol. The maximum atomic E-state index is 13.8. The van der Waals surface area contributed by atoms with Crippen LogP contribution in [-0.2, 0) is 15.8 Å². The van der Waals surface area contributed by atoms with Gasteiger partial charge in [-0.05, 0) is 171 Å². The molecule has 9 heteroatoms. The number of nitrogens with one attached hydrogen (secondary N) is 2. The van der Waals surface area contributed by atoms with Crippen molar-refractivity contribution in [2.75, 3.05) is 0 Å². The molecule has 15 atom stereocenters. The topological polar surface area (TPSA) is 87.7 Å². The molecule has 52 heavy (non-hydrogen) atoms. The van der Waals surface area contributed by atoms with Gasteiger partial charge in [-0.15, -0.1) is 0 Å². The van der Waals surface area contributed by atoms with Crippen LogP contribution < -0.4 is 15.4 Å². The minimum atomic E-state index is -4.37. The number of ether oxygens (including phenoxy) is 1. The molecule has 2 heterocycles. The van der Waals surface area contributed by atoms with Crippen molar-refractivity contribution in [3.8, 4) is 5.75 Å². The van der Waals surface area contributed by atoms with E-state index in [-0.39, 0.29) is 57.6 Å². The van der Waals surface area contributed by atoms with E-state index < -0.39 is 17.3 Å². The second kappa shape index (κ2) is 11.6. The number of fused-ring (bicyclic) bond motifs is 10. The van der Waals surface area contributed by atoms with E-state index in [0.717, 1.165) is 95.6 Å². The van der Waals surface area contributed by atoms with E-state index in [1.807, 2.05) is 0 Å². The van der Waals surface area contributed by atoms with E-state index in [4.69, 9.17) is 4.74 Å². The van der Waals surface area contributed by atoms with Gasteiger partial charge in [-0.1, -0.05) is 27.7 Å². The number of halogens is 3. The molecule has 1 aromatic rings. The predicted octanol–water partition coefficient (Wildman–Crippen LogP) is 8.45. The molecule has 0 spiro atoms. The zero-order chi connectivity index (χ0) is 36.6. The Morgan fingerprint density at radius 3 is 2.17 bits per heavy atom. The van der Waals surface area contributed by atoms with Crippen LogP contribution in [0.4, 0.5) is 13.2 Å². The standard InChI is InChI=1S/C43H59F3N2O4/c1-38-15-12-30-29(32(38)19-25(49)22-38)11-18-42(40(30,3)17-14-36(50)48-42)34-21-37(51)47-35-10-9-28-31(41(34,35)4)13-16-39(2)23-27(20-33(28)39)52-26-7-5-24(6-8-26)43(44,45)46/h5-8,25,27-35,49H,9-23H2,1-4H3,(H,47,51)(H,48,50)/t25?,27?,28-,29-,30-,31-,32+,33+,34?,35?,38-,39-,40-,41+,42?/m1/s1. The SMILES string of the molecule is C[C@]12CC[C@@H]3[C@@H](CCC4NC(=O)CC(C56CC[C@@H]7[C@@H](CC[C@]8(C)CC(O)C[C@@H]78)[C@@]5(C)CCC(=O)N6)[C@@]43C)[C@@H]1CC(Oc1ccc(C(F)(F)F)cc1)C2. The molecule has 6 aliphatic carbocycles. The normalized spacial score (nSPS) is 51.1. The number of aliphatic hydroxyl groups is 1. The summed E-state index contributed by atoms with van der Waals surface area (Å²) in [7, 11) is 0. The van der Waals surface area contributed by atoms with E-state index in [1.54, 1.807) is 0 Å². The van der Waals surface area contributed by atoms with E-state index >= 15 is 0 Å². The molecule has 9 rings (SSSR count). The highest BCUT2D eigenvalue weighted by molar-refractivity contribution is 5.81. The molecule has 5 unspecified atom stereocenters. The first-order valence-electron chi connectivity index (χ1n) is 20.6. The molecular weight excluding hydrogens is 665 g/mol. The molecule has 286 valence electrons. The summed E-state index contributed by atoms with van der Waals surface area (Å²) in [6.07, 6.45) is 9.15. The van der Waals surface area contributed by atoms with Crippen molar-refractivity contribution in [1.82, 2.24) is 10.6 Å². The minimum Gasteiger partial charge on any atom is -0.490 e. The number of hydrogen-bond donors (Lipinski definition) is 3. The number of aliphatic hydroxyl groups excluding tert-OH is 1. The van der Waals surface area contributed by atoms with Crippen LogP contribution >= 0.6 is 0 Å². The molecule has 3 N–H and O–H groups in total. The first kappa shape index (κ1) is 35.4. The lowest BCUT2D eigenvalue weighted by Crippen LogP contribution is -2.78. The zero-order valence-electron chi connectivity index (χ0n) is 31.5. The Morgan fingerprint density at radius 1 is 0.769 bits per heavy atom. The summed E-state index contributed by atoms with van der Waals surface area (Å²) in [5, 5.41) is 18.2. The van der Waals surface area contributed by atoms with Crippen molar-refractivity contribution in [3.05, 3.63) is 29.8 Å². The van der Waals surface area contributed by atoms with Crippen LogP contribution in [0.3, 0.4) is 0 Å². The van der Waals surface area contributed by atoms with Crippen LogP contribution in [0, 0.1) is 63.1 Å². The van der Waals surface area contributed by atoms with Gasteiger partial charge in [0.05, 0.1) is 17.8 Å². The van der Waals surface area contributed by atoms with Crippen LogP contribution in [0.5, 0.6) is 5.75 Å². The number of rotatable bonds is 3. The lowest BCUT2D eigenvalue weighted by Gasteiger charge is -2.72. The molecule has 6 nitrogen and oxygen atoms in total. The molecule has 0 aromatic heterocycles. The first-order chi connectivity index (χ1) is 24.5. The molecule has 6 saturated carbocycles. The average Bonchev–Trinajstić information content (AvgIpc) is 3.59. The molecular formula is C43H59F3N2O4. The smallest absolute Gasteiger partial charge is 0.416 e. The van der Waals surface area contributed by atoms with Crippen molar-refractivity contribution in [3.63, 3.8) is 0 Å². The van der Waals surface area contributed by atoms with Gasteiger partial charge >= 0.3 is 6.18 Å². The fourth-order valence-electron chi connectivity index (χ4n) is 16.0. The Balaban J connectivity index is 1.03. The Hall–Kier alpha value is -2.29. The van der Waals surface area contributed by atoms with Crippen molar-refractivity contribution >= 4 is 11.8 Å². The van der Waals surface area contributed by atoms with Gasteiger partial charge in [0.25, 0.3) is 0 Å². The molecule has 2 aliphatic heterocycles. The maximum absolute atomic E-state index is 13.8. The van der Waals surface area contributed by atoms with Gasteiger partial charge in [0.2, 0.25) is 11.8 Å². The highest BCUT2D eigenvalue weighted by Crippen LogP contribution is 2.72. The average molecular weight is 725 g/mol. The third-order valence-electron chi connectivity index (χ3n) is 18.2. The monoisotopic (exact) mass is 724 g/mol. The second-order valence-electron chi connectivity index (χ2n) is 20.2. The lowest BCUT2D eigenvalue weighted by atomic mass is 9.36. The van der Waals surface area contributed by atoms with Crippen molar-refractivity contribution in [2.45, 2.75) is 154 Å². The fourth-order valence-corrected chi connectivity index (χ4v) is 16.0.